The average Bonchev–Trinajstić information content (AvgIpc) is 3.24. The normalized spacial score (nSPS) is 15.3. The van der Waals surface area contributed by atoms with Crippen molar-refractivity contribution < 1.29 is 19.1 Å². The van der Waals surface area contributed by atoms with Crippen molar-refractivity contribution in [2.45, 2.75) is 6.54 Å². The molecule has 1 aromatic heterocycles. The van der Waals surface area contributed by atoms with Crippen molar-refractivity contribution in [3.05, 3.63) is 88.6 Å². The first-order valence-corrected chi connectivity index (χ1v) is 11.4. The van der Waals surface area contributed by atoms with Gasteiger partial charge in [-0.2, -0.15) is 0 Å². The van der Waals surface area contributed by atoms with Crippen LogP contribution in [0.4, 0.5) is 4.39 Å². The molecule has 2 heterocycles. The molecule has 1 aliphatic rings. The lowest BCUT2D eigenvalue weighted by Gasteiger charge is -2.10. The zero-order valence-corrected chi connectivity index (χ0v) is 18.8. The second-order valence-corrected chi connectivity index (χ2v) is 9.34. The Balaban J connectivity index is 1.56. The van der Waals surface area contributed by atoms with Crippen molar-refractivity contribution in [2.24, 2.45) is 0 Å². The van der Waals surface area contributed by atoms with E-state index in [9.17, 15) is 14.0 Å². The van der Waals surface area contributed by atoms with E-state index in [1.165, 1.54) is 12.1 Å². The number of hydrogen-bond donors (Lipinski definition) is 1. The predicted molar refractivity (Wildman–Crippen MR) is 132 cm³/mol. The van der Waals surface area contributed by atoms with Gasteiger partial charge in [-0.25, -0.2) is 4.39 Å². The fourth-order valence-electron chi connectivity index (χ4n) is 4.03. The molecular weight excluding hydrogens is 459 g/mol. The summed E-state index contributed by atoms with van der Waals surface area (Å²) in [6.07, 6.45) is 1.74. The fraction of sp³-hybridized carbons (Fsp3) is 0.0800. The van der Waals surface area contributed by atoms with Gasteiger partial charge in [0.15, 0.2) is 0 Å². The molecule has 1 saturated heterocycles. The van der Waals surface area contributed by atoms with Gasteiger partial charge < -0.3 is 9.67 Å². The molecule has 164 valence electrons. The molecule has 1 fully saturated rings. The van der Waals surface area contributed by atoms with Crippen LogP contribution in [0.25, 0.3) is 27.9 Å². The number of fused-ring (bicyclic) bond motifs is 3. The van der Waals surface area contributed by atoms with E-state index in [2.05, 4.69) is 16.7 Å². The molecule has 3 aromatic carbocycles. The molecule has 0 atom stereocenters. The summed E-state index contributed by atoms with van der Waals surface area (Å²) in [5.74, 6) is -1.77. The number of carbonyl (C=O) groups is 2. The number of halogens is 1. The van der Waals surface area contributed by atoms with Gasteiger partial charge >= 0.3 is 5.97 Å². The number of hydrogen-bond acceptors (Lipinski definition) is 4. The van der Waals surface area contributed by atoms with E-state index in [1.54, 1.807) is 18.2 Å². The van der Waals surface area contributed by atoms with E-state index in [0.29, 0.717) is 11.4 Å². The molecule has 1 aliphatic heterocycles. The van der Waals surface area contributed by atoms with E-state index in [1.807, 2.05) is 30.3 Å². The Bertz CT molecular complexity index is 1470. The minimum absolute atomic E-state index is 0.241. The number of amides is 1. The maximum atomic E-state index is 13.3. The standard InChI is InChI=1S/C25H17FN2O3S2/c26-17-8-5-15(6-9-17)13-27-20-4-2-1-3-18(20)19-11-16(7-10-21(19)27)12-22-24(31)28(14-23(29)30)25(32)33-22/h1-12H,13-14H2,(H,29,30)/b22-12-. The molecule has 0 unspecified atom stereocenters. The SMILES string of the molecule is O=C(O)CN1C(=O)/C(=C/c2ccc3c(c2)c2ccccc2n3Cc2ccc(F)cc2)SC1=S. The maximum Gasteiger partial charge on any atom is 0.323 e. The number of para-hydroxylation sites is 1. The number of benzene rings is 3. The summed E-state index contributed by atoms with van der Waals surface area (Å²) >= 11 is 6.29. The molecule has 0 radical (unpaired) electrons. The topological polar surface area (TPSA) is 62.5 Å². The summed E-state index contributed by atoms with van der Waals surface area (Å²) in [6, 6.07) is 20.5. The van der Waals surface area contributed by atoms with Crippen LogP contribution in [0.3, 0.4) is 0 Å². The van der Waals surface area contributed by atoms with Gasteiger partial charge in [0.05, 0.1) is 4.91 Å². The van der Waals surface area contributed by atoms with Gasteiger partial charge in [0.25, 0.3) is 5.91 Å². The zero-order chi connectivity index (χ0) is 23.1. The minimum Gasteiger partial charge on any atom is -0.480 e. The number of aromatic nitrogens is 1. The van der Waals surface area contributed by atoms with Crippen LogP contribution in [-0.2, 0) is 16.1 Å². The van der Waals surface area contributed by atoms with Crippen LogP contribution in [0.1, 0.15) is 11.1 Å². The highest BCUT2D eigenvalue weighted by molar-refractivity contribution is 8.26. The minimum atomic E-state index is -1.11. The first-order valence-electron chi connectivity index (χ1n) is 10.1. The lowest BCUT2D eigenvalue weighted by atomic mass is 10.1. The molecule has 0 aliphatic carbocycles. The molecule has 0 saturated carbocycles. The molecule has 1 N–H and O–H groups in total. The maximum absolute atomic E-state index is 13.3. The fourth-order valence-corrected chi connectivity index (χ4v) is 5.28. The Hall–Kier alpha value is -3.49. The van der Waals surface area contributed by atoms with Crippen LogP contribution >= 0.6 is 24.0 Å². The van der Waals surface area contributed by atoms with Gasteiger partial charge in [-0.05, 0) is 47.5 Å². The smallest absolute Gasteiger partial charge is 0.323 e. The van der Waals surface area contributed by atoms with Crippen molar-refractivity contribution in [3.63, 3.8) is 0 Å². The lowest BCUT2D eigenvalue weighted by molar-refractivity contribution is -0.140. The third-order valence-corrected chi connectivity index (χ3v) is 6.89. The molecule has 33 heavy (non-hydrogen) atoms. The van der Waals surface area contributed by atoms with E-state index in [4.69, 9.17) is 17.3 Å². The van der Waals surface area contributed by atoms with Crippen LogP contribution in [0.15, 0.2) is 71.6 Å². The van der Waals surface area contributed by atoms with Crippen molar-refractivity contribution in [1.29, 1.82) is 0 Å². The van der Waals surface area contributed by atoms with Crippen LogP contribution in [0.5, 0.6) is 0 Å². The monoisotopic (exact) mass is 476 g/mol. The van der Waals surface area contributed by atoms with Crippen LogP contribution in [0.2, 0.25) is 0 Å². The second kappa shape index (κ2) is 8.46. The van der Waals surface area contributed by atoms with Crippen LogP contribution in [0, 0.1) is 5.82 Å². The van der Waals surface area contributed by atoms with Gasteiger partial charge in [0.2, 0.25) is 0 Å². The molecule has 5 nitrogen and oxygen atoms in total. The number of carboxylic acid groups (broad SMARTS) is 1. The highest BCUT2D eigenvalue weighted by Crippen LogP contribution is 2.35. The summed E-state index contributed by atoms with van der Waals surface area (Å²) < 4.78 is 15.8. The van der Waals surface area contributed by atoms with Crippen molar-refractivity contribution in [2.75, 3.05) is 6.54 Å². The second-order valence-electron chi connectivity index (χ2n) is 7.67. The first-order chi connectivity index (χ1) is 15.9. The number of rotatable bonds is 5. The highest BCUT2D eigenvalue weighted by atomic mass is 32.2. The van der Waals surface area contributed by atoms with E-state index < -0.39 is 18.4 Å². The van der Waals surface area contributed by atoms with Gasteiger partial charge in [-0.1, -0.05) is 60.4 Å². The van der Waals surface area contributed by atoms with Gasteiger partial charge in [0, 0.05) is 28.4 Å². The molecular formula is C25H17FN2O3S2. The Kier molecular flexibility index (Phi) is 5.47. The van der Waals surface area contributed by atoms with Crippen molar-refractivity contribution >= 4 is 68.1 Å². The third kappa shape index (κ3) is 4.03. The first kappa shape index (κ1) is 21.4. The summed E-state index contributed by atoms with van der Waals surface area (Å²) in [5, 5.41) is 11.1. The lowest BCUT2D eigenvalue weighted by Crippen LogP contribution is -2.33. The Labute approximate surface area is 198 Å². The van der Waals surface area contributed by atoms with E-state index >= 15 is 0 Å². The summed E-state index contributed by atoms with van der Waals surface area (Å²) in [6.45, 7) is 0.148. The van der Waals surface area contributed by atoms with Crippen molar-refractivity contribution in [3.8, 4) is 0 Å². The summed E-state index contributed by atoms with van der Waals surface area (Å²) in [7, 11) is 0. The zero-order valence-electron chi connectivity index (χ0n) is 17.2. The summed E-state index contributed by atoms with van der Waals surface area (Å²) in [5.41, 5.74) is 3.89. The Morgan fingerprint density at radius 3 is 2.52 bits per heavy atom. The van der Waals surface area contributed by atoms with Crippen LogP contribution in [-0.4, -0.2) is 37.3 Å². The van der Waals surface area contributed by atoms with Crippen molar-refractivity contribution in [1.82, 2.24) is 9.47 Å². The molecule has 5 rings (SSSR count). The van der Waals surface area contributed by atoms with E-state index in [0.717, 1.165) is 49.6 Å². The number of carbonyl (C=O) groups excluding carboxylic acids is 1. The predicted octanol–water partition coefficient (Wildman–Crippen LogP) is 5.27. The number of thioether (sulfide) groups is 1. The molecule has 8 heteroatoms. The van der Waals surface area contributed by atoms with Gasteiger partial charge in [0.1, 0.15) is 16.7 Å². The molecule has 1 amide bonds. The number of thiocarbonyl (C=S) groups is 1. The van der Waals surface area contributed by atoms with E-state index in [-0.39, 0.29) is 10.1 Å². The average molecular weight is 477 g/mol. The van der Waals surface area contributed by atoms with Gasteiger partial charge in [-0.15, -0.1) is 0 Å². The summed E-state index contributed by atoms with van der Waals surface area (Å²) in [4.78, 5) is 25.1. The Morgan fingerprint density at radius 2 is 1.76 bits per heavy atom. The van der Waals surface area contributed by atoms with Gasteiger partial charge in [-0.3, -0.25) is 14.5 Å². The number of nitrogens with zero attached hydrogens (tertiary/aromatic N) is 2. The highest BCUT2D eigenvalue weighted by Gasteiger charge is 2.33. The quantitative estimate of drug-likeness (QED) is 0.314. The largest absolute Gasteiger partial charge is 0.480 e. The Morgan fingerprint density at radius 1 is 1.03 bits per heavy atom. The molecule has 0 spiro atoms. The molecule has 4 aromatic rings. The number of carboxylic acids is 1. The number of aliphatic carboxylic acids is 1. The van der Waals surface area contributed by atoms with Crippen LogP contribution < -0.4 is 0 Å². The molecule has 0 bridgehead atoms. The third-order valence-electron chi connectivity index (χ3n) is 5.52.